The zero-order valence-corrected chi connectivity index (χ0v) is 11.2. The first-order valence-electron chi connectivity index (χ1n) is 6.43. The summed E-state index contributed by atoms with van der Waals surface area (Å²) >= 11 is 0. The summed E-state index contributed by atoms with van der Waals surface area (Å²) < 4.78 is 5.41. The van der Waals surface area contributed by atoms with Crippen LogP contribution < -0.4 is 0 Å². The third kappa shape index (κ3) is 2.90. The van der Waals surface area contributed by atoms with E-state index in [0.29, 0.717) is 6.04 Å². The summed E-state index contributed by atoms with van der Waals surface area (Å²) in [5.41, 5.74) is 0. The first-order valence-corrected chi connectivity index (χ1v) is 6.43. The van der Waals surface area contributed by atoms with Crippen molar-refractivity contribution in [1.29, 1.82) is 0 Å². The number of rotatable bonds is 1. The fraction of sp³-hybridized carbons (Fsp3) is 0.917. The van der Waals surface area contributed by atoms with Gasteiger partial charge in [0.05, 0.1) is 13.2 Å². The van der Waals surface area contributed by atoms with Gasteiger partial charge < -0.3 is 14.5 Å². The van der Waals surface area contributed by atoms with Gasteiger partial charge in [-0.3, -0.25) is 9.89 Å². The van der Waals surface area contributed by atoms with Gasteiger partial charge in [-0.2, -0.15) is 0 Å². The minimum absolute atomic E-state index is 0.676. The molecule has 5 heteroatoms. The van der Waals surface area contributed by atoms with Crippen molar-refractivity contribution < 1.29 is 4.74 Å². The number of nitrogens with zero attached hydrogens (tertiary/aromatic N) is 4. The Balaban J connectivity index is 1.90. The van der Waals surface area contributed by atoms with Crippen LogP contribution in [0, 0.1) is 0 Å². The van der Waals surface area contributed by atoms with Crippen molar-refractivity contribution in [3.63, 3.8) is 0 Å². The third-order valence-electron chi connectivity index (χ3n) is 3.61. The van der Waals surface area contributed by atoms with Gasteiger partial charge in [0.15, 0.2) is 5.96 Å². The van der Waals surface area contributed by atoms with E-state index in [2.05, 4.69) is 33.8 Å². The number of guanidine groups is 1. The van der Waals surface area contributed by atoms with Crippen LogP contribution in [0.25, 0.3) is 0 Å². The van der Waals surface area contributed by atoms with Gasteiger partial charge in [-0.05, 0) is 6.42 Å². The average molecular weight is 240 g/mol. The van der Waals surface area contributed by atoms with Crippen molar-refractivity contribution in [2.45, 2.75) is 12.5 Å². The maximum atomic E-state index is 5.41. The minimum Gasteiger partial charge on any atom is -0.379 e. The van der Waals surface area contributed by atoms with Gasteiger partial charge in [-0.1, -0.05) is 0 Å². The van der Waals surface area contributed by atoms with Crippen LogP contribution in [0.15, 0.2) is 4.99 Å². The van der Waals surface area contributed by atoms with E-state index < -0.39 is 0 Å². The van der Waals surface area contributed by atoms with Crippen LogP contribution in [0.1, 0.15) is 6.42 Å². The van der Waals surface area contributed by atoms with Gasteiger partial charge in [0.25, 0.3) is 0 Å². The van der Waals surface area contributed by atoms with Crippen LogP contribution >= 0.6 is 0 Å². The molecular weight excluding hydrogens is 216 g/mol. The zero-order chi connectivity index (χ0) is 12.3. The molecule has 0 N–H and O–H groups in total. The predicted octanol–water partition coefficient (Wildman–Crippen LogP) is -0.0597. The Bertz CT molecular complexity index is 274. The fourth-order valence-corrected chi connectivity index (χ4v) is 2.79. The molecule has 0 spiro atoms. The van der Waals surface area contributed by atoms with E-state index in [4.69, 9.17) is 4.74 Å². The highest BCUT2D eigenvalue weighted by Gasteiger charge is 2.30. The molecule has 0 bridgehead atoms. The van der Waals surface area contributed by atoms with E-state index in [1.54, 1.807) is 0 Å². The van der Waals surface area contributed by atoms with Crippen LogP contribution in [0.5, 0.6) is 0 Å². The second-order valence-corrected chi connectivity index (χ2v) is 4.95. The van der Waals surface area contributed by atoms with Gasteiger partial charge in [0.2, 0.25) is 0 Å². The molecule has 0 saturated carbocycles. The number of aliphatic imine (C=N–C) groups is 1. The normalized spacial score (nSPS) is 27.6. The molecule has 98 valence electrons. The first-order chi connectivity index (χ1) is 8.22. The van der Waals surface area contributed by atoms with Crippen LogP contribution in [-0.2, 0) is 4.74 Å². The van der Waals surface area contributed by atoms with Crippen molar-refractivity contribution in [1.82, 2.24) is 14.7 Å². The Hall–Kier alpha value is -0.810. The number of hydrogen-bond donors (Lipinski definition) is 0. The van der Waals surface area contributed by atoms with Crippen LogP contribution in [0.4, 0.5) is 0 Å². The highest BCUT2D eigenvalue weighted by Crippen LogP contribution is 2.17. The van der Waals surface area contributed by atoms with E-state index in [1.165, 1.54) is 6.42 Å². The Labute approximate surface area is 104 Å². The Morgan fingerprint density at radius 2 is 1.94 bits per heavy atom. The molecular formula is C12H24N4O. The minimum atomic E-state index is 0.676. The first kappa shape index (κ1) is 12.6. The molecule has 0 aromatic rings. The molecule has 2 rings (SSSR count). The predicted molar refractivity (Wildman–Crippen MR) is 69.4 cm³/mol. The standard InChI is InChI=1S/C12H24N4O/c1-13-12(14(2)3)16-5-4-11(10-16)15-6-8-17-9-7-15/h11H,4-10H2,1-3H3. The molecule has 2 aliphatic heterocycles. The van der Waals surface area contributed by atoms with Crippen molar-refractivity contribution in [2.24, 2.45) is 4.99 Å². The molecule has 2 heterocycles. The Morgan fingerprint density at radius 3 is 2.53 bits per heavy atom. The SMILES string of the molecule is CN=C(N(C)C)N1CCC(N2CCOCC2)C1. The van der Waals surface area contributed by atoms with E-state index in [1.807, 2.05) is 7.05 Å². The number of ether oxygens (including phenoxy) is 1. The summed E-state index contributed by atoms with van der Waals surface area (Å²) in [7, 11) is 5.99. The lowest BCUT2D eigenvalue weighted by atomic mass is 10.2. The van der Waals surface area contributed by atoms with Gasteiger partial charge in [0, 0.05) is 53.4 Å². The lowest BCUT2D eigenvalue weighted by molar-refractivity contribution is 0.0194. The topological polar surface area (TPSA) is 31.3 Å². The maximum absolute atomic E-state index is 5.41. The van der Waals surface area contributed by atoms with Gasteiger partial charge in [0.1, 0.15) is 0 Å². The van der Waals surface area contributed by atoms with E-state index >= 15 is 0 Å². The molecule has 2 saturated heterocycles. The summed E-state index contributed by atoms with van der Waals surface area (Å²) in [6.07, 6.45) is 1.24. The lowest BCUT2D eigenvalue weighted by Gasteiger charge is -2.32. The average Bonchev–Trinajstić information content (AvgIpc) is 2.80. The molecule has 0 radical (unpaired) electrons. The lowest BCUT2D eigenvalue weighted by Crippen LogP contribution is -2.46. The molecule has 0 amide bonds. The molecule has 0 aliphatic carbocycles. The molecule has 2 aliphatic rings. The van der Waals surface area contributed by atoms with Crippen molar-refractivity contribution >= 4 is 5.96 Å². The Kier molecular flexibility index (Phi) is 4.23. The fourth-order valence-electron chi connectivity index (χ4n) is 2.79. The second-order valence-electron chi connectivity index (χ2n) is 4.95. The highest BCUT2D eigenvalue weighted by atomic mass is 16.5. The largest absolute Gasteiger partial charge is 0.379 e. The molecule has 1 atom stereocenters. The maximum Gasteiger partial charge on any atom is 0.195 e. The van der Waals surface area contributed by atoms with Crippen LogP contribution in [0.2, 0.25) is 0 Å². The van der Waals surface area contributed by atoms with Crippen LogP contribution in [-0.4, -0.2) is 87.2 Å². The number of hydrogen-bond acceptors (Lipinski definition) is 3. The van der Waals surface area contributed by atoms with Gasteiger partial charge in [-0.15, -0.1) is 0 Å². The van der Waals surface area contributed by atoms with E-state index in [0.717, 1.165) is 45.4 Å². The molecule has 17 heavy (non-hydrogen) atoms. The van der Waals surface area contributed by atoms with E-state index in [9.17, 15) is 0 Å². The summed E-state index contributed by atoms with van der Waals surface area (Å²) in [5, 5.41) is 0. The van der Waals surface area contributed by atoms with Crippen molar-refractivity contribution in [2.75, 3.05) is 60.5 Å². The molecule has 1 unspecified atom stereocenters. The second kappa shape index (κ2) is 5.69. The van der Waals surface area contributed by atoms with Gasteiger partial charge in [-0.25, -0.2) is 0 Å². The number of morpholine rings is 1. The highest BCUT2D eigenvalue weighted by molar-refractivity contribution is 5.79. The number of likely N-dealkylation sites (tertiary alicyclic amines) is 1. The summed E-state index contributed by atoms with van der Waals surface area (Å²) in [4.78, 5) is 11.4. The molecule has 2 fully saturated rings. The molecule has 0 aromatic carbocycles. The smallest absolute Gasteiger partial charge is 0.195 e. The quantitative estimate of drug-likeness (QED) is 0.475. The van der Waals surface area contributed by atoms with Gasteiger partial charge >= 0.3 is 0 Å². The summed E-state index contributed by atoms with van der Waals surface area (Å²) in [6.45, 7) is 6.16. The molecule has 0 aromatic heterocycles. The van der Waals surface area contributed by atoms with Crippen molar-refractivity contribution in [3.05, 3.63) is 0 Å². The monoisotopic (exact) mass is 240 g/mol. The Morgan fingerprint density at radius 1 is 1.24 bits per heavy atom. The zero-order valence-electron chi connectivity index (χ0n) is 11.2. The van der Waals surface area contributed by atoms with Crippen LogP contribution in [0.3, 0.4) is 0 Å². The third-order valence-corrected chi connectivity index (χ3v) is 3.61. The van der Waals surface area contributed by atoms with E-state index in [-0.39, 0.29) is 0 Å². The summed E-state index contributed by atoms with van der Waals surface area (Å²) in [5.74, 6) is 1.10. The summed E-state index contributed by atoms with van der Waals surface area (Å²) in [6, 6.07) is 0.676. The van der Waals surface area contributed by atoms with Crippen molar-refractivity contribution in [3.8, 4) is 0 Å². The molecule has 5 nitrogen and oxygen atoms in total.